The maximum atomic E-state index is 13.5. The van der Waals surface area contributed by atoms with Gasteiger partial charge in [0.2, 0.25) is 0 Å². The Bertz CT molecular complexity index is 762. The van der Waals surface area contributed by atoms with Gasteiger partial charge in [0.05, 0.1) is 16.9 Å². The maximum Gasteiger partial charge on any atom is 0.129 e. The lowest BCUT2D eigenvalue weighted by atomic mass is 10.1. The number of hydrogen-bond acceptors (Lipinski definition) is 1. The highest BCUT2D eigenvalue weighted by atomic mass is 35.5. The predicted octanol–water partition coefficient (Wildman–Crippen LogP) is 4.86. The van der Waals surface area contributed by atoms with Crippen LogP contribution >= 0.6 is 11.6 Å². The van der Waals surface area contributed by atoms with Crippen molar-refractivity contribution in [3.05, 3.63) is 59.7 Å². The second-order valence-electron chi connectivity index (χ2n) is 5.05. The highest BCUT2D eigenvalue weighted by Gasteiger charge is 2.12. The van der Waals surface area contributed by atoms with Gasteiger partial charge in [-0.25, -0.2) is 9.37 Å². The van der Waals surface area contributed by atoms with Crippen LogP contribution in [0.5, 0.6) is 0 Å². The number of rotatable bonds is 4. The molecule has 3 rings (SSSR count). The monoisotopic (exact) mass is 302 g/mol. The van der Waals surface area contributed by atoms with Gasteiger partial charge >= 0.3 is 0 Å². The minimum atomic E-state index is -0.271. The van der Waals surface area contributed by atoms with Crippen LogP contribution in [0.1, 0.15) is 24.7 Å². The SMILES string of the molecule is CCCc1ccc(-n2c(CCl)nc3ccc(F)cc32)cc1. The van der Waals surface area contributed by atoms with E-state index in [1.54, 1.807) is 6.07 Å². The van der Waals surface area contributed by atoms with Gasteiger partial charge in [0, 0.05) is 11.8 Å². The average molecular weight is 303 g/mol. The number of alkyl halides is 1. The largest absolute Gasteiger partial charge is 0.295 e. The molecule has 0 N–H and O–H groups in total. The first-order chi connectivity index (χ1) is 10.2. The molecule has 0 saturated heterocycles. The Labute approximate surface area is 128 Å². The van der Waals surface area contributed by atoms with E-state index in [0.717, 1.165) is 35.4 Å². The van der Waals surface area contributed by atoms with Crippen molar-refractivity contribution in [2.75, 3.05) is 0 Å². The van der Waals surface area contributed by atoms with Gasteiger partial charge in [-0.3, -0.25) is 4.57 Å². The van der Waals surface area contributed by atoms with Crippen molar-refractivity contribution in [2.45, 2.75) is 25.6 Å². The molecule has 0 aliphatic carbocycles. The Morgan fingerprint density at radius 1 is 1.14 bits per heavy atom. The molecule has 0 aliphatic heterocycles. The van der Waals surface area contributed by atoms with Gasteiger partial charge in [0.25, 0.3) is 0 Å². The third-order valence-electron chi connectivity index (χ3n) is 3.54. The number of aromatic nitrogens is 2. The highest BCUT2D eigenvalue weighted by molar-refractivity contribution is 6.17. The fourth-order valence-electron chi connectivity index (χ4n) is 2.58. The molecule has 4 heteroatoms. The average Bonchev–Trinajstić information content (AvgIpc) is 2.86. The van der Waals surface area contributed by atoms with Crippen molar-refractivity contribution in [2.24, 2.45) is 0 Å². The van der Waals surface area contributed by atoms with E-state index in [9.17, 15) is 4.39 Å². The molecule has 0 atom stereocenters. The van der Waals surface area contributed by atoms with Gasteiger partial charge in [0.1, 0.15) is 11.6 Å². The van der Waals surface area contributed by atoms with Gasteiger partial charge in [0.15, 0.2) is 0 Å². The van der Waals surface area contributed by atoms with Crippen molar-refractivity contribution in [3.63, 3.8) is 0 Å². The standard InChI is InChI=1S/C17H16ClFN2/c1-2-3-12-4-7-14(8-5-12)21-16-10-13(19)6-9-15(16)20-17(21)11-18/h4-10H,2-3,11H2,1H3. The molecule has 2 nitrogen and oxygen atoms in total. The van der Waals surface area contributed by atoms with E-state index >= 15 is 0 Å². The molecule has 0 bridgehead atoms. The van der Waals surface area contributed by atoms with Crippen LogP contribution in [0.3, 0.4) is 0 Å². The van der Waals surface area contributed by atoms with Crippen molar-refractivity contribution in [1.82, 2.24) is 9.55 Å². The molecule has 3 aromatic rings. The first-order valence-corrected chi connectivity index (χ1v) is 7.58. The highest BCUT2D eigenvalue weighted by Crippen LogP contribution is 2.24. The van der Waals surface area contributed by atoms with Crippen LogP contribution in [-0.4, -0.2) is 9.55 Å². The first kappa shape index (κ1) is 14.1. The molecule has 0 aliphatic rings. The molecule has 0 saturated carbocycles. The van der Waals surface area contributed by atoms with Gasteiger partial charge in [-0.15, -0.1) is 11.6 Å². The lowest BCUT2D eigenvalue weighted by Gasteiger charge is -2.09. The first-order valence-electron chi connectivity index (χ1n) is 7.05. The van der Waals surface area contributed by atoms with Crippen molar-refractivity contribution < 1.29 is 4.39 Å². The van der Waals surface area contributed by atoms with E-state index < -0.39 is 0 Å². The third kappa shape index (κ3) is 2.66. The molecule has 21 heavy (non-hydrogen) atoms. The van der Waals surface area contributed by atoms with Crippen LogP contribution in [0.2, 0.25) is 0 Å². The van der Waals surface area contributed by atoms with Crippen LogP contribution < -0.4 is 0 Å². The third-order valence-corrected chi connectivity index (χ3v) is 3.78. The Kier molecular flexibility index (Phi) is 3.93. The Morgan fingerprint density at radius 2 is 1.90 bits per heavy atom. The number of benzene rings is 2. The number of hydrogen-bond donors (Lipinski definition) is 0. The fourth-order valence-corrected chi connectivity index (χ4v) is 2.76. The minimum Gasteiger partial charge on any atom is -0.295 e. The smallest absolute Gasteiger partial charge is 0.129 e. The van der Waals surface area contributed by atoms with Gasteiger partial charge in [-0.2, -0.15) is 0 Å². The van der Waals surface area contributed by atoms with Crippen molar-refractivity contribution in [1.29, 1.82) is 0 Å². The topological polar surface area (TPSA) is 17.8 Å². The number of nitrogens with zero attached hydrogens (tertiary/aromatic N) is 2. The summed E-state index contributed by atoms with van der Waals surface area (Å²) < 4.78 is 15.5. The quantitative estimate of drug-likeness (QED) is 0.630. The lowest BCUT2D eigenvalue weighted by Crippen LogP contribution is -1.99. The number of aryl methyl sites for hydroxylation is 1. The van der Waals surface area contributed by atoms with Crippen molar-refractivity contribution >= 4 is 22.6 Å². The van der Waals surface area contributed by atoms with E-state index in [-0.39, 0.29) is 11.7 Å². The summed E-state index contributed by atoms with van der Waals surface area (Å²) in [6.07, 6.45) is 2.17. The molecule has 108 valence electrons. The van der Waals surface area contributed by atoms with E-state index in [2.05, 4.69) is 24.0 Å². The molecular weight excluding hydrogens is 287 g/mol. The van der Waals surface area contributed by atoms with Crippen LogP contribution in [-0.2, 0) is 12.3 Å². The summed E-state index contributed by atoms with van der Waals surface area (Å²) in [5.41, 5.74) is 3.75. The number of halogens is 2. The zero-order valence-corrected chi connectivity index (χ0v) is 12.6. The van der Waals surface area contributed by atoms with E-state index in [4.69, 9.17) is 11.6 Å². The Hall–Kier alpha value is -1.87. The summed E-state index contributed by atoms with van der Waals surface area (Å²) in [4.78, 5) is 4.47. The molecule has 1 aromatic heterocycles. The number of fused-ring (bicyclic) bond motifs is 1. The van der Waals surface area contributed by atoms with Gasteiger partial charge < -0.3 is 0 Å². The van der Waals surface area contributed by atoms with E-state index in [1.807, 2.05) is 16.7 Å². The van der Waals surface area contributed by atoms with Crippen molar-refractivity contribution in [3.8, 4) is 5.69 Å². The molecule has 0 fully saturated rings. The van der Waals surface area contributed by atoms with Crippen LogP contribution in [0, 0.1) is 5.82 Å². The van der Waals surface area contributed by atoms with Crippen LogP contribution in [0.15, 0.2) is 42.5 Å². The zero-order chi connectivity index (χ0) is 14.8. The summed E-state index contributed by atoms with van der Waals surface area (Å²) in [5.74, 6) is 0.736. The van der Waals surface area contributed by atoms with Crippen LogP contribution in [0.4, 0.5) is 4.39 Å². The molecule has 1 heterocycles. The normalized spacial score (nSPS) is 11.2. The summed E-state index contributed by atoms with van der Waals surface area (Å²) in [6.45, 7) is 2.16. The van der Waals surface area contributed by atoms with E-state index in [0.29, 0.717) is 0 Å². The van der Waals surface area contributed by atoms with Crippen LogP contribution in [0.25, 0.3) is 16.7 Å². The summed E-state index contributed by atoms with van der Waals surface area (Å²) >= 11 is 6.00. The number of imidazole rings is 1. The molecule has 0 amide bonds. The molecule has 2 aromatic carbocycles. The zero-order valence-electron chi connectivity index (χ0n) is 11.8. The Balaban J connectivity index is 2.15. The summed E-state index contributed by atoms with van der Waals surface area (Å²) in [7, 11) is 0. The van der Waals surface area contributed by atoms with Gasteiger partial charge in [-0.1, -0.05) is 25.5 Å². The molecular formula is C17H16ClFN2. The lowest BCUT2D eigenvalue weighted by molar-refractivity contribution is 0.629. The fraction of sp³-hybridized carbons (Fsp3) is 0.235. The van der Waals surface area contributed by atoms with E-state index in [1.165, 1.54) is 17.7 Å². The summed E-state index contributed by atoms with van der Waals surface area (Å²) in [6, 6.07) is 12.9. The maximum absolute atomic E-state index is 13.5. The predicted molar refractivity (Wildman–Crippen MR) is 84.6 cm³/mol. The summed E-state index contributed by atoms with van der Waals surface area (Å²) in [5, 5.41) is 0. The molecule has 0 radical (unpaired) electrons. The Morgan fingerprint density at radius 3 is 2.57 bits per heavy atom. The minimum absolute atomic E-state index is 0.271. The van der Waals surface area contributed by atoms with Gasteiger partial charge in [-0.05, 0) is 36.2 Å². The molecule has 0 unspecified atom stereocenters. The second kappa shape index (κ2) is 5.86. The second-order valence-corrected chi connectivity index (χ2v) is 5.31. The molecule has 0 spiro atoms.